The minimum atomic E-state index is -0.0571. The van der Waals surface area contributed by atoms with E-state index in [4.69, 9.17) is 9.47 Å². The topological polar surface area (TPSA) is 63.7 Å². The summed E-state index contributed by atoms with van der Waals surface area (Å²) >= 11 is 0. The number of carbonyl (C=O) groups is 1. The van der Waals surface area contributed by atoms with Gasteiger partial charge < -0.3 is 19.7 Å². The molecule has 1 aromatic heterocycles. The van der Waals surface area contributed by atoms with Crippen LogP contribution in [0, 0.1) is 0 Å². The largest absolute Gasteiger partial charge is 0.454 e. The Hall–Kier alpha value is -2.76. The molecule has 0 radical (unpaired) electrons. The minimum absolute atomic E-state index is 0.0505. The van der Waals surface area contributed by atoms with Gasteiger partial charge in [-0.25, -0.2) is 4.79 Å². The fourth-order valence-electron chi connectivity index (χ4n) is 3.10. The highest BCUT2D eigenvalue weighted by Crippen LogP contribution is 2.34. The molecule has 2 aromatic rings. The smallest absolute Gasteiger partial charge is 0.318 e. The van der Waals surface area contributed by atoms with E-state index in [9.17, 15) is 4.79 Å². The number of fused-ring (bicyclic) bond motifs is 1. The Labute approximate surface area is 146 Å². The van der Waals surface area contributed by atoms with Crippen molar-refractivity contribution in [1.82, 2.24) is 15.2 Å². The Kier molecular flexibility index (Phi) is 4.17. The molecule has 1 aromatic carbocycles. The van der Waals surface area contributed by atoms with Crippen LogP contribution in [-0.4, -0.2) is 28.7 Å². The molecule has 0 unspecified atom stereocenters. The zero-order valence-corrected chi connectivity index (χ0v) is 14.1. The predicted molar refractivity (Wildman–Crippen MR) is 92.3 cm³/mol. The first-order valence-corrected chi connectivity index (χ1v) is 8.58. The third kappa shape index (κ3) is 3.38. The molecule has 1 saturated carbocycles. The van der Waals surface area contributed by atoms with Crippen molar-refractivity contribution < 1.29 is 14.3 Å². The first-order valence-electron chi connectivity index (χ1n) is 8.58. The third-order valence-corrected chi connectivity index (χ3v) is 4.59. The first kappa shape index (κ1) is 15.7. The van der Waals surface area contributed by atoms with Crippen LogP contribution in [0.25, 0.3) is 0 Å². The molecule has 0 bridgehead atoms. The molecule has 0 saturated heterocycles. The number of benzene rings is 1. The molecule has 1 aliphatic carbocycles. The molecule has 1 N–H and O–H groups in total. The highest BCUT2D eigenvalue weighted by molar-refractivity contribution is 5.75. The maximum Gasteiger partial charge on any atom is 0.318 e. The lowest BCUT2D eigenvalue weighted by Gasteiger charge is -2.29. The molecule has 4 rings (SSSR count). The zero-order chi connectivity index (χ0) is 17.2. The van der Waals surface area contributed by atoms with Gasteiger partial charge >= 0.3 is 6.03 Å². The summed E-state index contributed by atoms with van der Waals surface area (Å²) in [6.45, 7) is 2.73. The lowest BCUT2D eigenvalue weighted by Crippen LogP contribution is -2.42. The van der Waals surface area contributed by atoms with E-state index in [1.807, 2.05) is 48.2 Å². The minimum Gasteiger partial charge on any atom is -0.454 e. The summed E-state index contributed by atoms with van der Waals surface area (Å²) in [7, 11) is 0. The van der Waals surface area contributed by atoms with Crippen molar-refractivity contribution in [1.29, 1.82) is 0 Å². The molecule has 0 spiro atoms. The van der Waals surface area contributed by atoms with Crippen molar-refractivity contribution in [3.63, 3.8) is 0 Å². The molecular weight excluding hydrogens is 318 g/mol. The lowest BCUT2D eigenvalue weighted by molar-refractivity contribution is 0.172. The van der Waals surface area contributed by atoms with Crippen molar-refractivity contribution in [2.45, 2.75) is 38.4 Å². The van der Waals surface area contributed by atoms with E-state index >= 15 is 0 Å². The van der Waals surface area contributed by atoms with Gasteiger partial charge in [0.15, 0.2) is 11.5 Å². The van der Waals surface area contributed by atoms with E-state index in [1.165, 1.54) is 0 Å². The van der Waals surface area contributed by atoms with Gasteiger partial charge in [-0.3, -0.25) is 4.98 Å². The van der Waals surface area contributed by atoms with Crippen LogP contribution < -0.4 is 14.8 Å². The van der Waals surface area contributed by atoms with Gasteiger partial charge in [0.1, 0.15) is 0 Å². The highest BCUT2D eigenvalue weighted by atomic mass is 16.7. The van der Waals surface area contributed by atoms with Gasteiger partial charge in [0.05, 0.1) is 11.7 Å². The Balaban J connectivity index is 1.43. The maximum absolute atomic E-state index is 12.8. The number of hydrogen-bond donors (Lipinski definition) is 1. The van der Waals surface area contributed by atoms with Gasteiger partial charge in [-0.15, -0.1) is 0 Å². The number of hydrogen-bond acceptors (Lipinski definition) is 4. The number of nitrogens with zero attached hydrogens (tertiary/aromatic N) is 2. The second-order valence-electron chi connectivity index (χ2n) is 6.42. The van der Waals surface area contributed by atoms with Crippen LogP contribution in [0.5, 0.6) is 11.5 Å². The molecule has 2 aliphatic rings. The van der Waals surface area contributed by atoms with Gasteiger partial charge in [-0.1, -0.05) is 12.1 Å². The van der Waals surface area contributed by atoms with E-state index in [1.54, 1.807) is 6.20 Å². The van der Waals surface area contributed by atoms with E-state index in [2.05, 4.69) is 10.3 Å². The zero-order valence-electron chi connectivity index (χ0n) is 14.1. The van der Waals surface area contributed by atoms with Crippen molar-refractivity contribution in [2.24, 2.45) is 0 Å². The standard InChI is InChI=1S/C19H21N3O3/c1-13(16-4-2-3-9-20-16)22(15-6-7-15)19(23)21-11-14-5-8-17-18(10-14)25-12-24-17/h2-5,8-10,13,15H,6-7,11-12H2,1H3,(H,21,23)/t13-/m1/s1. The molecule has 2 heterocycles. The Morgan fingerprint density at radius 3 is 2.88 bits per heavy atom. The van der Waals surface area contributed by atoms with Crippen molar-refractivity contribution in [3.05, 3.63) is 53.9 Å². The Morgan fingerprint density at radius 1 is 1.28 bits per heavy atom. The van der Waals surface area contributed by atoms with Gasteiger partial charge in [0.25, 0.3) is 0 Å². The highest BCUT2D eigenvalue weighted by Gasteiger charge is 2.36. The monoisotopic (exact) mass is 339 g/mol. The van der Waals surface area contributed by atoms with Gasteiger partial charge in [0.2, 0.25) is 6.79 Å². The van der Waals surface area contributed by atoms with Crippen LogP contribution in [0.3, 0.4) is 0 Å². The van der Waals surface area contributed by atoms with Gasteiger partial charge in [-0.2, -0.15) is 0 Å². The number of ether oxygens (including phenoxy) is 2. The molecule has 1 fully saturated rings. The van der Waals surface area contributed by atoms with Gasteiger partial charge in [-0.05, 0) is 49.6 Å². The van der Waals surface area contributed by atoms with E-state index < -0.39 is 0 Å². The molecule has 6 heteroatoms. The normalized spacial score (nSPS) is 16.4. The molecule has 1 aliphatic heterocycles. The number of nitrogens with one attached hydrogen (secondary N) is 1. The summed E-state index contributed by atoms with van der Waals surface area (Å²) in [5.74, 6) is 1.48. The summed E-state index contributed by atoms with van der Waals surface area (Å²) in [5.41, 5.74) is 1.89. The number of urea groups is 1. The summed E-state index contributed by atoms with van der Waals surface area (Å²) < 4.78 is 10.7. The summed E-state index contributed by atoms with van der Waals surface area (Å²) in [6, 6.07) is 11.7. The molecule has 2 amide bonds. The second kappa shape index (κ2) is 6.63. The fourth-order valence-corrected chi connectivity index (χ4v) is 3.10. The maximum atomic E-state index is 12.8. The van der Waals surface area contributed by atoms with Crippen molar-refractivity contribution in [3.8, 4) is 11.5 Å². The first-order chi connectivity index (χ1) is 12.2. The summed E-state index contributed by atoms with van der Waals surface area (Å²) in [6.07, 6.45) is 3.87. The average Bonchev–Trinajstić information content (AvgIpc) is 3.36. The molecule has 1 atom stereocenters. The third-order valence-electron chi connectivity index (χ3n) is 4.59. The number of carbonyl (C=O) groups excluding carboxylic acids is 1. The molecule has 6 nitrogen and oxygen atoms in total. The number of rotatable bonds is 5. The quantitative estimate of drug-likeness (QED) is 0.908. The Morgan fingerprint density at radius 2 is 2.12 bits per heavy atom. The van der Waals surface area contributed by atoms with E-state index in [0.29, 0.717) is 12.6 Å². The summed E-state index contributed by atoms with van der Waals surface area (Å²) in [5, 5.41) is 3.03. The number of aromatic nitrogens is 1. The predicted octanol–water partition coefficient (Wildman–Crippen LogP) is 3.25. The van der Waals surface area contributed by atoms with Crippen molar-refractivity contribution >= 4 is 6.03 Å². The van der Waals surface area contributed by atoms with Crippen LogP contribution in [0.4, 0.5) is 4.79 Å². The molecule has 25 heavy (non-hydrogen) atoms. The summed E-state index contributed by atoms with van der Waals surface area (Å²) in [4.78, 5) is 19.1. The van der Waals surface area contributed by atoms with Crippen LogP contribution in [0.1, 0.15) is 37.1 Å². The molecular formula is C19H21N3O3. The number of amides is 2. The van der Waals surface area contributed by atoms with E-state index in [0.717, 1.165) is 35.6 Å². The van der Waals surface area contributed by atoms with Crippen LogP contribution in [-0.2, 0) is 6.54 Å². The van der Waals surface area contributed by atoms with E-state index in [-0.39, 0.29) is 18.9 Å². The Bertz CT molecular complexity index is 762. The lowest BCUT2D eigenvalue weighted by atomic mass is 10.2. The second-order valence-corrected chi connectivity index (χ2v) is 6.42. The van der Waals surface area contributed by atoms with Gasteiger partial charge in [0, 0.05) is 18.8 Å². The van der Waals surface area contributed by atoms with Crippen LogP contribution in [0.2, 0.25) is 0 Å². The average molecular weight is 339 g/mol. The SMILES string of the molecule is C[C@H](c1ccccn1)N(C(=O)NCc1ccc2c(c1)OCO2)C1CC1. The van der Waals surface area contributed by atoms with Crippen molar-refractivity contribution in [2.75, 3.05) is 6.79 Å². The fraction of sp³-hybridized carbons (Fsp3) is 0.368. The number of pyridine rings is 1. The molecule has 130 valence electrons. The van der Waals surface area contributed by atoms with Crippen LogP contribution >= 0.6 is 0 Å². The van der Waals surface area contributed by atoms with Crippen LogP contribution in [0.15, 0.2) is 42.6 Å².